The van der Waals surface area contributed by atoms with Crippen molar-refractivity contribution in [1.82, 2.24) is 14.8 Å². The molecule has 1 unspecified atom stereocenters. The summed E-state index contributed by atoms with van der Waals surface area (Å²) in [7, 11) is 1.78. The molecule has 0 N–H and O–H groups in total. The minimum Gasteiger partial charge on any atom is -0.340 e. The molecule has 1 aromatic rings. The fourth-order valence-electron chi connectivity index (χ4n) is 3.20. The van der Waals surface area contributed by atoms with Crippen LogP contribution in [0, 0.1) is 0 Å². The van der Waals surface area contributed by atoms with Gasteiger partial charge in [-0.2, -0.15) is 0 Å². The first-order chi connectivity index (χ1) is 11.6. The second kappa shape index (κ2) is 8.81. The van der Waals surface area contributed by atoms with E-state index >= 15 is 0 Å². The quantitative estimate of drug-likeness (QED) is 0.803. The summed E-state index contributed by atoms with van der Waals surface area (Å²) in [4.78, 5) is 33.3. The highest BCUT2D eigenvalue weighted by Gasteiger charge is 2.27. The number of pyridine rings is 1. The Kier molecular flexibility index (Phi) is 6.76. The number of unbranched alkanes of at least 4 members (excludes halogenated alkanes) is 1. The molecule has 0 bridgehead atoms. The molecule has 2 amide bonds. The van der Waals surface area contributed by atoms with Gasteiger partial charge in [0.05, 0.1) is 0 Å². The molecule has 0 aromatic carbocycles. The molecule has 1 aromatic heterocycles. The molecule has 2 rings (SSSR count). The molecule has 0 saturated carbocycles. The maximum atomic E-state index is 12.8. The molecule has 2 heterocycles. The van der Waals surface area contributed by atoms with Crippen LogP contribution in [0.4, 0.5) is 0 Å². The van der Waals surface area contributed by atoms with Gasteiger partial charge in [-0.1, -0.05) is 26.3 Å². The number of hydrogen-bond acceptors (Lipinski definition) is 3. The molecule has 1 fully saturated rings. The predicted molar refractivity (Wildman–Crippen MR) is 95.1 cm³/mol. The van der Waals surface area contributed by atoms with Gasteiger partial charge in [0.2, 0.25) is 0 Å². The number of rotatable bonds is 6. The van der Waals surface area contributed by atoms with E-state index in [4.69, 9.17) is 0 Å². The molecule has 1 aliphatic rings. The summed E-state index contributed by atoms with van der Waals surface area (Å²) in [5, 5.41) is 0. The summed E-state index contributed by atoms with van der Waals surface area (Å²) in [6, 6.07) is 5.45. The molecular weight excluding hydrogens is 302 g/mol. The van der Waals surface area contributed by atoms with Crippen molar-refractivity contribution in [2.75, 3.05) is 20.1 Å². The van der Waals surface area contributed by atoms with Crippen molar-refractivity contribution in [3.05, 3.63) is 29.6 Å². The first-order valence-electron chi connectivity index (χ1n) is 9.12. The zero-order valence-electron chi connectivity index (χ0n) is 15.1. The van der Waals surface area contributed by atoms with E-state index in [0.29, 0.717) is 24.0 Å². The van der Waals surface area contributed by atoms with E-state index in [2.05, 4.69) is 18.8 Å². The third kappa shape index (κ3) is 4.34. The summed E-state index contributed by atoms with van der Waals surface area (Å²) >= 11 is 0. The van der Waals surface area contributed by atoms with Crippen LogP contribution in [0.2, 0.25) is 0 Å². The summed E-state index contributed by atoms with van der Waals surface area (Å²) in [6.45, 7) is 5.71. The van der Waals surface area contributed by atoms with Crippen molar-refractivity contribution in [2.45, 2.75) is 58.4 Å². The normalized spacial score (nSPS) is 17.6. The van der Waals surface area contributed by atoms with Gasteiger partial charge < -0.3 is 9.80 Å². The third-order valence-electron chi connectivity index (χ3n) is 4.74. The molecule has 1 saturated heterocycles. The fraction of sp³-hybridized carbons (Fsp3) is 0.632. The van der Waals surface area contributed by atoms with Crippen molar-refractivity contribution < 1.29 is 9.59 Å². The lowest BCUT2D eigenvalue weighted by atomic mass is 9.99. The van der Waals surface area contributed by atoms with Crippen LogP contribution in [0.3, 0.4) is 0 Å². The van der Waals surface area contributed by atoms with Gasteiger partial charge in [0.1, 0.15) is 11.4 Å². The monoisotopic (exact) mass is 331 g/mol. The molecule has 24 heavy (non-hydrogen) atoms. The van der Waals surface area contributed by atoms with E-state index in [1.165, 1.54) is 6.42 Å². The van der Waals surface area contributed by atoms with E-state index in [-0.39, 0.29) is 11.8 Å². The molecule has 5 nitrogen and oxygen atoms in total. The summed E-state index contributed by atoms with van der Waals surface area (Å²) in [5.41, 5.74) is 0.731. The minimum absolute atomic E-state index is 0.0487. The van der Waals surface area contributed by atoms with E-state index in [9.17, 15) is 9.59 Å². The van der Waals surface area contributed by atoms with Crippen LogP contribution in [0.5, 0.6) is 0 Å². The summed E-state index contributed by atoms with van der Waals surface area (Å²) in [5.74, 6) is -0.170. The number of nitrogens with zero attached hydrogens (tertiary/aromatic N) is 3. The van der Waals surface area contributed by atoms with Crippen LogP contribution in [-0.4, -0.2) is 52.8 Å². The third-order valence-corrected chi connectivity index (χ3v) is 4.74. The predicted octanol–water partition coefficient (Wildman–Crippen LogP) is 3.36. The molecule has 132 valence electrons. The smallest absolute Gasteiger partial charge is 0.272 e. The maximum Gasteiger partial charge on any atom is 0.272 e. The summed E-state index contributed by atoms with van der Waals surface area (Å²) in [6.07, 6.45) is 6.24. The van der Waals surface area contributed by atoms with E-state index in [1.807, 2.05) is 4.90 Å². The van der Waals surface area contributed by atoms with Crippen molar-refractivity contribution >= 4 is 11.8 Å². The number of aromatic nitrogens is 1. The van der Waals surface area contributed by atoms with Gasteiger partial charge in [-0.25, -0.2) is 4.98 Å². The molecule has 1 atom stereocenters. The Hall–Kier alpha value is -1.91. The van der Waals surface area contributed by atoms with Gasteiger partial charge >= 0.3 is 0 Å². The molecule has 0 aliphatic carbocycles. The number of likely N-dealkylation sites (tertiary alicyclic amines) is 1. The second-order valence-electron chi connectivity index (χ2n) is 6.54. The highest BCUT2D eigenvalue weighted by molar-refractivity contribution is 5.96. The number of amides is 2. The van der Waals surface area contributed by atoms with Gasteiger partial charge in [0, 0.05) is 26.2 Å². The Morgan fingerprint density at radius 3 is 2.71 bits per heavy atom. The molecular formula is C19H29N3O2. The van der Waals surface area contributed by atoms with Crippen molar-refractivity contribution in [2.24, 2.45) is 0 Å². The van der Waals surface area contributed by atoms with Crippen LogP contribution in [0.15, 0.2) is 18.2 Å². The molecule has 1 aliphatic heterocycles. The van der Waals surface area contributed by atoms with Crippen LogP contribution < -0.4 is 0 Å². The minimum atomic E-state index is -0.121. The van der Waals surface area contributed by atoms with Gasteiger partial charge in [-0.3, -0.25) is 9.59 Å². The Bertz CT molecular complexity index is 573. The second-order valence-corrected chi connectivity index (χ2v) is 6.54. The zero-order chi connectivity index (χ0) is 17.5. The zero-order valence-corrected chi connectivity index (χ0v) is 15.1. The summed E-state index contributed by atoms with van der Waals surface area (Å²) < 4.78 is 0. The molecule has 0 spiro atoms. The van der Waals surface area contributed by atoms with E-state index in [1.54, 1.807) is 30.1 Å². The topological polar surface area (TPSA) is 53.5 Å². The largest absolute Gasteiger partial charge is 0.340 e. The standard InChI is InChI=1S/C19H29N3O2/c1-4-6-13-21(3)18(23)16-11-9-12-17(20-16)19(24)22-14-8-7-10-15(22)5-2/h9,11-12,15H,4-8,10,13-14H2,1-3H3. The van der Waals surface area contributed by atoms with Crippen LogP contribution in [-0.2, 0) is 0 Å². The number of carbonyl (C=O) groups excluding carboxylic acids is 2. The highest BCUT2D eigenvalue weighted by Crippen LogP contribution is 2.21. The number of carbonyl (C=O) groups is 2. The van der Waals surface area contributed by atoms with E-state index in [0.717, 1.165) is 38.6 Å². The number of piperidine rings is 1. The Morgan fingerprint density at radius 2 is 2.00 bits per heavy atom. The Labute approximate surface area is 145 Å². The molecule has 5 heteroatoms. The van der Waals surface area contributed by atoms with Gasteiger partial charge in [-0.05, 0) is 44.2 Å². The van der Waals surface area contributed by atoms with Crippen LogP contribution in [0.25, 0.3) is 0 Å². The SMILES string of the molecule is CCCCN(C)C(=O)c1cccc(C(=O)N2CCCCC2CC)n1. The van der Waals surface area contributed by atoms with Gasteiger partial charge in [0.15, 0.2) is 0 Å². The van der Waals surface area contributed by atoms with Gasteiger partial charge in [0.25, 0.3) is 11.8 Å². The lowest BCUT2D eigenvalue weighted by Crippen LogP contribution is -2.43. The first-order valence-corrected chi connectivity index (χ1v) is 9.12. The van der Waals surface area contributed by atoms with Crippen molar-refractivity contribution in [1.29, 1.82) is 0 Å². The Morgan fingerprint density at radius 1 is 1.25 bits per heavy atom. The van der Waals surface area contributed by atoms with Crippen LogP contribution >= 0.6 is 0 Å². The lowest BCUT2D eigenvalue weighted by molar-refractivity contribution is 0.0601. The fourth-order valence-corrected chi connectivity index (χ4v) is 3.20. The number of hydrogen-bond donors (Lipinski definition) is 0. The van der Waals surface area contributed by atoms with E-state index < -0.39 is 0 Å². The Balaban J connectivity index is 2.14. The highest BCUT2D eigenvalue weighted by atomic mass is 16.2. The van der Waals surface area contributed by atoms with Gasteiger partial charge in [-0.15, -0.1) is 0 Å². The average Bonchev–Trinajstić information content (AvgIpc) is 2.64. The van der Waals surface area contributed by atoms with Crippen molar-refractivity contribution in [3.8, 4) is 0 Å². The lowest BCUT2D eigenvalue weighted by Gasteiger charge is -2.35. The van der Waals surface area contributed by atoms with Crippen molar-refractivity contribution in [3.63, 3.8) is 0 Å². The maximum absolute atomic E-state index is 12.8. The molecule has 0 radical (unpaired) electrons. The average molecular weight is 331 g/mol. The van der Waals surface area contributed by atoms with Crippen LogP contribution in [0.1, 0.15) is 73.3 Å². The first kappa shape index (κ1) is 18.4.